The maximum absolute atomic E-state index is 8.73. The Kier molecular flexibility index (Phi) is 4.57. The van der Waals surface area contributed by atoms with Crippen molar-refractivity contribution < 1.29 is 14.6 Å². The van der Waals surface area contributed by atoms with E-state index in [4.69, 9.17) is 14.6 Å². The molecule has 0 amide bonds. The maximum Gasteiger partial charge on any atom is 0.129 e. The van der Waals surface area contributed by atoms with Crippen LogP contribution in [0.3, 0.4) is 0 Å². The van der Waals surface area contributed by atoms with Gasteiger partial charge < -0.3 is 14.6 Å². The molecule has 0 saturated heterocycles. The first-order valence-electron chi connectivity index (χ1n) is 4.66. The normalized spacial score (nSPS) is 10.6. The van der Waals surface area contributed by atoms with Crippen molar-refractivity contribution in [2.45, 2.75) is 32.3 Å². The fraction of sp³-hybridized carbons (Fsp3) is 0.600. The largest absolute Gasteiger partial charge is 0.464 e. The van der Waals surface area contributed by atoms with E-state index >= 15 is 0 Å². The molecule has 0 radical (unpaired) electrons. The van der Waals surface area contributed by atoms with Crippen molar-refractivity contribution in [2.75, 3.05) is 6.61 Å². The van der Waals surface area contributed by atoms with Crippen LogP contribution in [0.15, 0.2) is 16.5 Å². The van der Waals surface area contributed by atoms with E-state index in [1.165, 1.54) is 0 Å². The molecule has 0 aromatic carbocycles. The van der Waals surface area contributed by atoms with Crippen LogP contribution in [0.1, 0.15) is 30.8 Å². The molecule has 0 spiro atoms. The van der Waals surface area contributed by atoms with Crippen LogP contribution in [0.25, 0.3) is 0 Å². The van der Waals surface area contributed by atoms with Gasteiger partial charge in [0.2, 0.25) is 0 Å². The van der Waals surface area contributed by atoms with Gasteiger partial charge in [0.1, 0.15) is 18.1 Å². The average molecular weight is 184 g/mol. The topological polar surface area (TPSA) is 53.6 Å². The molecule has 0 atom stereocenters. The summed E-state index contributed by atoms with van der Waals surface area (Å²) in [6, 6.07) is 3.69. The van der Waals surface area contributed by atoms with Gasteiger partial charge >= 0.3 is 0 Å². The molecular formula is C10H16O3. The minimum atomic E-state index is -0.0311. The highest BCUT2D eigenvalue weighted by molar-refractivity contribution is 5.06. The third-order valence-electron chi connectivity index (χ3n) is 1.95. The van der Waals surface area contributed by atoms with E-state index < -0.39 is 0 Å². The summed E-state index contributed by atoms with van der Waals surface area (Å²) in [4.78, 5) is 0. The monoisotopic (exact) mass is 184 g/mol. The number of aliphatic hydroxyl groups excluding tert-OH is 2. The van der Waals surface area contributed by atoms with Crippen molar-refractivity contribution in [3.8, 4) is 0 Å². The Morgan fingerprint density at radius 1 is 1.00 bits per heavy atom. The van der Waals surface area contributed by atoms with E-state index in [0.29, 0.717) is 5.76 Å². The van der Waals surface area contributed by atoms with E-state index in [-0.39, 0.29) is 13.2 Å². The van der Waals surface area contributed by atoms with Crippen LogP contribution in [0.4, 0.5) is 0 Å². The lowest BCUT2D eigenvalue weighted by molar-refractivity contribution is 0.243. The Morgan fingerprint density at radius 3 is 2.38 bits per heavy atom. The van der Waals surface area contributed by atoms with Gasteiger partial charge in [-0.1, -0.05) is 6.42 Å². The number of rotatable bonds is 6. The Hall–Kier alpha value is -0.800. The summed E-state index contributed by atoms with van der Waals surface area (Å²) in [5.74, 6) is 1.54. The predicted molar refractivity (Wildman–Crippen MR) is 49.3 cm³/mol. The van der Waals surface area contributed by atoms with Gasteiger partial charge in [0.15, 0.2) is 0 Å². The smallest absolute Gasteiger partial charge is 0.129 e. The third-order valence-corrected chi connectivity index (χ3v) is 1.95. The summed E-state index contributed by atoms with van der Waals surface area (Å²) in [5.41, 5.74) is 0. The van der Waals surface area contributed by atoms with Gasteiger partial charge in [-0.15, -0.1) is 0 Å². The summed E-state index contributed by atoms with van der Waals surface area (Å²) >= 11 is 0. The highest BCUT2D eigenvalue weighted by Crippen LogP contribution is 2.11. The van der Waals surface area contributed by atoms with Crippen molar-refractivity contribution in [1.82, 2.24) is 0 Å². The van der Waals surface area contributed by atoms with Gasteiger partial charge in [0.25, 0.3) is 0 Å². The molecule has 0 aliphatic carbocycles. The highest BCUT2D eigenvalue weighted by atomic mass is 16.4. The molecule has 2 N–H and O–H groups in total. The Labute approximate surface area is 78.0 Å². The quantitative estimate of drug-likeness (QED) is 0.658. The number of furan rings is 1. The van der Waals surface area contributed by atoms with E-state index in [1.54, 1.807) is 6.07 Å². The number of unbranched alkanes of at least 4 members (excludes halogenated alkanes) is 2. The first kappa shape index (κ1) is 10.3. The van der Waals surface area contributed by atoms with Gasteiger partial charge in [0, 0.05) is 13.0 Å². The summed E-state index contributed by atoms with van der Waals surface area (Å²) in [6.45, 7) is 0.233. The molecule has 0 saturated carbocycles. The predicted octanol–water partition coefficient (Wildman–Crippen LogP) is 1.48. The number of hydrogen-bond acceptors (Lipinski definition) is 3. The van der Waals surface area contributed by atoms with Crippen molar-refractivity contribution in [3.63, 3.8) is 0 Å². The molecule has 0 unspecified atom stereocenters. The van der Waals surface area contributed by atoms with Crippen LogP contribution in [0.5, 0.6) is 0 Å². The first-order valence-corrected chi connectivity index (χ1v) is 4.66. The second-order valence-corrected chi connectivity index (χ2v) is 3.06. The summed E-state index contributed by atoms with van der Waals surface area (Å²) in [6.07, 6.45) is 3.79. The summed E-state index contributed by atoms with van der Waals surface area (Å²) in [7, 11) is 0. The lowest BCUT2D eigenvalue weighted by atomic mass is 10.2. The zero-order valence-electron chi connectivity index (χ0n) is 7.70. The molecule has 0 aliphatic rings. The Morgan fingerprint density at radius 2 is 1.77 bits per heavy atom. The zero-order chi connectivity index (χ0) is 9.52. The van der Waals surface area contributed by atoms with Gasteiger partial charge in [-0.05, 0) is 25.0 Å². The van der Waals surface area contributed by atoms with Crippen LogP contribution in [0.2, 0.25) is 0 Å². The molecular weight excluding hydrogens is 168 g/mol. The molecule has 1 heterocycles. The van der Waals surface area contributed by atoms with Crippen LogP contribution in [-0.4, -0.2) is 16.8 Å². The molecule has 0 aliphatic heterocycles. The van der Waals surface area contributed by atoms with Crippen molar-refractivity contribution >= 4 is 0 Å². The van der Waals surface area contributed by atoms with Gasteiger partial charge in [0.05, 0.1) is 0 Å². The van der Waals surface area contributed by atoms with Crippen molar-refractivity contribution in [3.05, 3.63) is 23.7 Å². The number of hydrogen-bond donors (Lipinski definition) is 2. The molecule has 1 rings (SSSR count). The summed E-state index contributed by atoms with van der Waals surface area (Å²) in [5, 5.41) is 17.3. The second-order valence-electron chi connectivity index (χ2n) is 3.06. The van der Waals surface area contributed by atoms with E-state index in [1.807, 2.05) is 6.07 Å². The Balaban J connectivity index is 2.20. The average Bonchev–Trinajstić information content (AvgIpc) is 2.60. The number of aliphatic hydroxyl groups is 2. The zero-order valence-corrected chi connectivity index (χ0v) is 7.70. The minimum absolute atomic E-state index is 0.0311. The van der Waals surface area contributed by atoms with Gasteiger partial charge in [-0.25, -0.2) is 0 Å². The molecule has 0 bridgehead atoms. The van der Waals surface area contributed by atoms with E-state index in [9.17, 15) is 0 Å². The van der Waals surface area contributed by atoms with Crippen molar-refractivity contribution in [2.24, 2.45) is 0 Å². The molecule has 13 heavy (non-hydrogen) atoms. The third kappa shape index (κ3) is 3.61. The first-order chi connectivity index (χ1) is 6.36. The van der Waals surface area contributed by atoms with Crippen LogP contribution in [0, 0.1) is 0 Å². The summed E-state index contributed by atoms with van der Waals surface area (Å²) < 4.78 is 5.30. The van der Waals surface area contributed by atoms with Crippen molar-refractivity contribution in [1.29, 1.82) is 0 Å². The minimum Gasteiger partial charge on any atom is -0.464 e. The van der Waals surface area contributed by atoms with Gasteiger partial charge in [-0.2, -0.15) is 0 Å². The fourth-order valence-electron chi connectivity index (χ4n) is 1.23. The van der Waals surface area contributed by atoms with E-state index in [2.05, 4.69) is 0 Å². The van der Waals surface area contributed by atoms with Crippen LogP contribution >= 0.6 is 0 Å². The second kappa shape index (κ2) is 5.78. The molecule has 3 nitrogen and oxygen atoms in total. The molecule has 3 heteroatoms. The van der Waals surface area contributed by atoms with Crippen LogP contribution < -0.4 is 0 Å². The van der Waals surface area contributed by atoms with Gasteiger partial charge in [-0.3, -0.25) is 0 Å². The number of aryl methyl sites for hydroxylation is 1. The standard InChI is InChI=1S/C10H16O3/c11-7-3-1-2-4-9-5-6-10(8-12)13-9/h5-6,11-12H,1-4,7-8H2. The lowest BCUT2D eigenvalue weighted by Gasteiger charge is -1.96. The highest BCUT2D eigenvalue weighted by Gasteiger charge is 1.99. The lowest BCUT2D eigenvalue weighted by Crippen LogP contribution is -1.86. The fourth-order valence-corrected chi connectivity index (χ4v) is 1.23. The van der Waals surface area contributed by atoms with E-state index in [0.717, 1.165) is 31.4 Å². The molecule has 0 fully saturated rings. The molecule has 1 aromatic rings. The maximum atomic E-state index is 8.73. The molecule has 74 valence electrons. The Bertz CT molecular complexity index is 230. The molecule has 1 aromatic heterocycles. The van der Waals surface area contributed by atoms with Crippen LogP contribution in [-0.2, 0) is 13.0 Å². The SMILES string of the molecule is OCCCCCc1ccc(CO)o1.